The van der Waals surface area contributed by atoms with Crippen LogP contribution in [0.4, 0.5) is 5.69 Å². The molecule has 0 spiro atoms. The molecule has 0 fully saturated rings. The van der Waals surface area contributed by atoms with E-state index in [1.165, 1.54) is 17.5 Å². The van der Waals surface area contributed by atoms with E-state index in [4.69, 9.17) is 0 Å². The molecule has 0 heterocycles. The third kappa shape index (κ3) is 6.05. The van der Waals surface area contributed by atoms with E-state index in [1.54, 1.807) is 6.08 Å². The Balaban J connectivity index is 0.00000272. The van der Waals surface area contributed by atoms with Crippen LogP contribution in [0.1, 0.15) is 39.9 Å². The first-order chi connectivity index (χ1) is 14.5. The second-order valence-corrected chi connectivity index (χ2v) is 8.55. The predicted octanol–water partition coefficient (Wildman–Crippen LogP) is 3.87. The number of nitrogens with one attached hydrogen (secondary N) is 1. The molecule has 5 heteroatoms. The molecule has 0 bridgehead atoms. The Morgan fingerprint density at radius 2 is 1.84 bits per heavy atom. The van der Waals surface area contributed by atoms with Crippen molar-refractivity contribution in [1.29, 1.82) is 0 Å². The maximum absolute atomic E-state index is 12.7. The summed E-state index contributed by atoms with van der Waals surface area (Å²) in [5.74, 6) is 0.720. The van der Waals surface area contributed by atoms with Crippen LogP contribution >= 0.6 is 0 Å². The van der Waals surface area contributed by atoms with Crippen molar-refractivity contribution in [2.24, 2.45) is 5.92 Å². The second kappa shape index (κ2) is 10.6. The zero-order valence-corrected chi connectivity index (χ0v) is 17.7. The summed E-state index contributed by atoms with van der Waals surface area (Å²) in [5, 5.41) is 3.04. The third-order valence-electron chi connectivity index (χ3n) is 5.87. The number of ketones is 1. The van der Waals surface area contributed by atoms with Gasteiger partial charge < -0.3 is 10.2 Å². The summed E-state index contributed by atoms with van der Waals surface area (Å²) >= 11 is 0. The van der Waals surface area contributed by atoms with Crippen molar-refractivity contribution in [2.75, 3.05) is 26.0 Å². The van der Waals surface area contributed by atoms with Crippen LogP contribution in [0.3, 0.4) is 0 Å². The molecule has 0 radical (unpaired) electrons. The second-order valence-electron chi connectivity index (χ2n) is 8.55. The number of allylic oxidation sites excluding steroid dienone is 4. The Bertz CT molecular complexity index is 1020. The number of benzene rings is 2. The van der Waals surface area contributed by atoms with Gasteiger partial charge in [0.15, 0.2) is 5.78 Å². The SMILES string of the molecule is CN(C)CC1CCc2cc(NC(=O)c3ccc(C4=CCC(=O)C=C4)cc3)ccc2C1.[NaH]. The molecule has 2 aliphatic carbocycles. The average Bonchev–Trinajstić information content (AvgIpc) is 2.74. The number of aryl methyl sites for hydroxylation is 1. The van der Waals surface area contributed by atoms with Crippen molar-refractivity contribution >= 4 is 52.5 Å². The van der Waals surface area contributed by atoms with Gasteiger partial charge in [-0.1, -0.05) is 30.4 Å². The molecule has 4 nitrogen and oxygen atoms in total. The van der Waals surface area contributed by atoms with Crippen molar-refractivity contribution in [2.45, 2.75) is 25.7 Å². The maximum atomic E-state index is 12.7. The van der Waals surface area contributed by atoms with E-state index in [2.05, 4.69) is 36.4 Å². The van der Waals surface area contributed by atoms with Gasteiger partial charge >= 0.3 is 29.6 Å². The van der Waals surface area contributed by atoms with E-state index in [-0.39, 0.29) is 41.2 Å². The van der Waals surface area contributed by atoms with E-state index < -0.39 is 0 Å². The quantitative estimate of drug-likeness (QED) is 0.742. The van der Waals surface area contributed by atoms with E-state index in [1.807, 2.05) is 42.5 Å². The molecular weight excluding hydrogens is 395 g/mol. The van der Waals surface area contributed by atoms with Gasteiger partial charge in [0.1, 0.15) is 0 Å². The summed E-state index contributed by atoms with van der Waals surface area (Å²) in [7, 11) is 4.26. The minimum absolute atomic E-state index is 0. The van der Waals surface area contributed by atoms with Gasteiger partial charge in [-0.05, 0) is 91.9 Å². The molecule has 31 heavy (non-hydrogen) atoms. The van der Waals surface area contributed by atoms with Gasteiger partial charge in [0.25, 0.3) is 5.91 Å². The molecule has 0 aromatic heterocycles. The van der Waals surface area contributed by atoms with Gasteiger partial charge in [-0.15, -0.1) is 0 Å². The third-order valence-corrected chi connectivity index (χ3v) is 5.87. The standard InChI is InChI=1S/C26H28N2O2.Na.H/c1-28(2)17-18-3-4-23-16-24(12-9-22(23)15-18)27-26(30)21-7-5-19(6-8-21)20-10-13-25(29)14-11-20;;/h5-13,16,18H,3-4,14-15,17H2,1-2H3,(H,27,30);;. The zero-order valence-electron chi connectivity index (χ0n) is 17.7. The molecule has 0 aliphatic heterocycles. The Labute approximate surface area is 206 Å². The number of carbonyl (C=O) groups excluding carboxylic acids is 2. The predicted molar refractivity (Wildman–Crippen MR) is 129 cm³/mol. The van der Waals surface area contributed by atoms with Crippen molar-refractivity contribution in [1.82, 2.24) is 4.90 Å². The molecule has 0 saturated carbocycles. The van der Waals surface area contributed by atoms with Crippen LogP contribution in [-0.2, 0) is 17.6 Å². The topological polar surface area (TPSA) is 49.4 Å². The van der Waals surface area contributed by atoms with E-state index in [0.29, 0.717) is 17.9 Å². The molecule has 1 atom stereocenters. The number of hydrogen-bond donors (Lipinski definition) is 1. The Hall–Kier alpha value is -1.98. The Kier molecular flexibility index (Phi) is 8.06. The average molecular weight is 425 g/mol. The first-order valence-electron chi connectivity index (χ1n) is 10.6. The molecule has 1 amide bonds. The number of amides is 1. The molecule has 0 saturated heterocycles. The van der Waals surface area contributed by atoms with Crippen LogP contribution in [-0.4, -0.2) is 66.8 Å². The first-order valence-corrected chi connectivity index (χ1v) is 10.6. The number of fused-ring (bicyclic) bond motifs is 1. The summed E-state index contributed by atoms with van der Waals surface area (Å²) < 4.78 is 0. The summed E-state index contributed by atoms with van der Waals surface area (Å²) in [6.07, 6.45) is 9.16. The monoisotopic (exact) mass is 424 g/mol. The fourth-order valence-corrected chi connectivity index (χ4v) is 4.34. The van der Waals surface area contributed by atoms with Gasteiger partial charge in [0.05, 0.1) is 0 Å². The summed E-state index contributed by atoms with van der Waals surface area (Å²) in [5.41, 5.74) is 6.26. The van der Waals surface area contributed by atoms with Crippen LogP contribution in [0.5, 0.6) is 0 Å². The molecule has 2 aromatic rings. The van der Waals surface area contributed by atoms with Crippen molar-refractivity contribution in [3.05, 3.63) is 82.9 Å². The molecule has 2 aliphatic rings. The minimum atomic E-state index is -0.105. The molecule has 2 aromatic carbocycles. The van der Waals surface area contributed by atoms with E-state index in [0.717, 1.165) is 36.2 Å². The van der Waals surface area contributed by atoms with Crippen molar-refractivity contribution in [3.8, 4) is 0 Å². The normalized spacial score (nSPS) is 17.6. The van der Waals surface area contributed by atoms with Crippen molar-refractivity contribution in [3.63, 3.8) is 0 Å². The fourth-order valence-electron chi connectivity index (χ4n) is 4.34. The number of anilines is 1. The molecule has 1 unspecified atom stereocenters. The van der Waals surface area contributed by atoms with E-state index in [9.17, 15) is 9.59 Å². The molecule has 1 N–H and O–H groups in total. The van der Waals surface area contributed by atoms with Gasteiger partial charge in [0, 0.05) is 24.2 Å². The Morgan fingerprint density at radius 1 is 1.06 bits per heavy atom. The van der Waals surface area contributed by atoms with Gasteiger partial charge in [-0.2, -0.15) is 0 Å². The number of nitrogens with zero attached hydrogens (tertiary/aromatic N) is 1. The fraction of sp³-hybridized carbons (Fsp3) is 0.308. The van der Waals surface area contributed by atoms with Gasteiger partial charge in [0.2, 0.25) is 0 Å². The van der Waals surface area contributed by atoms with Crippen LogP contribution in [0.25, 0.3) is 5.57 Å². The number of hydrogen-bond acceptors (Lipinski definition) is 3. The molecule has 4 rings (SSSR count). The van der Waals surface area contributed by atoms with Crippen LogP contribution in [0.2, 0.25) is 0 Å². The van der Waals surface area contributed by atoms with Crippen molar-refractivity contribution < 1.29 is 9.59 Å². The number of rotatable bonds is 5. The van der Waals surface area contributed by atoms with E-state index >= 15 is 0 Å². The van der Waals surface area contributed by atoms with Crippen LogP contribution in [0, 0.1) is 5.92 Å². The Morgan fingerprint density at radius 3 is 2.52 bits per heavy atom. The van der Waals surface area contributed by atoms with Crippen LogP contribution < -0.4 is 5.32 Å². The zero-order chi connectivity index (χ0) is 21.1. The van der Waals surface area contributed by atoms with Gasteiger partial charge in [-0.25, -0.2) is 0 Å². The first kappa shape index (κ1) is 23.7. The summed E-state index contributed by atoms with van der Waals surface area (Å²) in [6, 6.07) is 13.8. The number of carbonyl (C=O) groups is 2. The van der Waals surface area contributed by atoms with Gasteiger partial charge in [-0.3, -0.25) is 9.59 Å². The van der Waals surface area contributed by atoms with Crippen LogP contribution in [0.15, 0.2) is 60.7 Å². The molecule has 156 valence electrons. The molecular formula is C26H29N2NaO2. The summed E-state index contributed by atoms with van der Waals surface area (Å²) in [6.45, 7) is 1.12. The summed E-state index contributed by atoms with van der Waals surface area (Å²) in [4.78, 5) is 26.3.